The van der Waals surface area contributed by atoms with Gasteiger partial charge in [0.05, 0.1) is 4.90 Å². The molecular weight excluding hydrogens is 267 g/mol. The second-order valence-electron chi connectivity index (χ2n) is 4.02. The molecule has 0 amide bonds. The van der Waals surface area contributed by atoms with E-state index in [4.69, 9.17) is 5.73 Å². The van der Waals surface area contributed by atoms with Crippen LogP contribution in [-0.4, -0.2) is 8.42 Å². The van der Waals surface area contributed by atoms with Crippen LogP contribution in [0.2, 0.25) is 0 Å². The second-order valence-corrected chi connectivity index (χ2v) is 5.79. The molecule has 2 aromatic carbocycles. The van der Waals surface area contributed by atoms with Crippen molar-refractivity contribution in [1.29, 1.82) is 0 Å². The smallest absolute Gasteiger partial charge is 0.240 e. The van der Waals surface area contributed by atoms with Gasteiger partial charge >= 0.3 is 0 Å². The average Bonchev–Trinajstić information content (AvgIpc) is 2.39. The number of sulfonamides is 1. The van der Waals surface area contributed by atoms with Gasteiger partial charge < -0.3 is 5.73 Å². The van der Waals surface area contributed by atoms with Gasteiger partial charge in [0.25, 0.3) is 0 Å². The Balaban J connectivity index is 2.09. The molecule has 4 nitrogen and oxygen atoms in total. The zero-order chi connectivity index (χ0) is 13.9. The highest BCUT2D eigenvalue weighted by atomic mass is 32.2. The predicted molar refractivity (Wildman–Crippen MR) is 71.3 cm³/mol. The molecule has 0 radical (unpaired) electrons. The van der Waals surface area contributed by atoms with Crippen LogP contribution in [0.5, 0.6) is 0 Å². The Hall–Kier alpha value is -1.92. The third kappa shape index (κ3) is 3.52. The van der Waals surface area contributed by atoms with Gasteiger partial charge in [0, 0.05) is 12.2 Å². The van der Waals surface area contributed by atoms with Crippen molar-refractivity contribution in [3.05, 3.63) is 59.9 Å². The fraction of sp³-hybridized carbons (Fsp3) is 0.0769. The lowest BCUT2D eigenvalue weighted by molar-refractivity contribution is 0.580. The number of benzene rings is 2. The van der Waals surface area contributed by atoms with Crippen molar-refractivity contribution in [2.24, 2.45) is 0 Å². The normalized spacial score (nSPS) is 11.4. The van der Waals surface area contributed by atoms with E-state index in [1.54, 1.807) is 24.3 Å². The molecule has 0 fully saturated rings. The number of nitrogens with one attached hydrogen (secondary N) is 1. The molecule has 6 heteroatoms. The summed E-state index contributed by atoms with van der Waals surface area (Å²) in [5.74, 6) is -0.475. The molecule has 100 valence electrons. The highest BCUT2D eigenvalue weighted by molar-refractivity contribution is 7.89. The van der Waals surface area contributed by atoms with Crippen molar-refractivity contribution in [1.82, 2.24) is 4.72 Å². The summed E-state index contributed by atoms with van der Waals surface area (Å²) in [6, 6.07) is 11.5. The molecule has 0 aromatic heterocycles. The Morgan fingerprint density at radius 2 is 1.58 bits per heavy atom. The van der Waals surface area contributed by atoms with Gasteiger partial charge in [-0.05, 0) is 42.0 Å². The topological polar surface area (TPSA) is 72.2 Å². The Kier molecular flexibility index (Phi) is 3.82. The van der Waals surface area contributed by atoms with Gasteiger partial charge in [-0.2, -0.15) is 0 Å². The van der Waals surface area contributed by atoms with Crippen LogP contribution < -0.4 is 10.5 Å². The summed E-state index contributed by atoms with van der Waals surface area (Å²) < 4.78 is 39.0. The maximum Gasteiger partial charge on any atom is 0.240 e. The molecular formula is C13H13FN2O2S. The van der Waals surface area contributed by atoms with E-state index < -0.39 is 15.8 Å². The van der Waals surface area contributed by atoms with Crippen LogP contribution in [0.4, 0.5) is 10.1 Å². The molecule has 0 aliphatic carbocycles. The fourth-order valence-electron chi connectivity index (χ4n) is 1.51. The zero-order valence-electron chi connectivity index (χ0n) is 10.0. The number of rotatable bonds is 4. The van der Waals surface area contributed by atoms with E-state index in [-0.39, 0.29) is 11.4 Å². The first-order valence-electron chi connectivity index (χ1n) is 5.57. The van der Waals surface area contributed by atoms with E-state index in [0.29, 0.717) is 5.69 Å². The summed E-state index contributed by atoms with van der Waals surface area (Å²) in [4.78, 5) is 0.0318. The minimum Gasteiger partial charge on any atom is -0.399 e. The van der Waals surface area contributed by atoms with Crippen molar-refractivity contribution in [2.45, 2.75) is 11.4 Å². The van der Waals surface area contributed by atoms with Crippen LogP contribution in [0.1, 0.15) is 5.56 Å². The summed E-state index contributed by atoms with van der Waals surface area (Å²) in [5, 5.41) is 0. The molecule has 0 aliphatic rings. The van der Waals surface area contributed by atoms with Crippen LogP contribution in [0.3, 0.4) is 0 Å². The Labute approximate surface area is 111 Å². The number of nitrogens with two attached hydrogens (primary N) is 1. The summed E-state index contributed by atoms with van der Waals surface area (Å²) in [6.07, 6.45) is 0. The van der Waals surface area contributed by atoms with Gasteiger partial charge in [0.2, 0.25) is 10.0 Å². The van der Waals surface area contributed by atoms with Crippen LogP contribution in [0, 0.1) is 5.82 Å². The van der Waals surface area contributed by atoms with E-state index >= 15 is 0 Å². The standard InChI is InChI=1S/C13H13FN2O2S/c14-11-3-7-13(8-4-11)19(17,18)16-9-10-1-5-12(15)6-2-10/h1-8,16H,9,15H2. The van der Waals surface area contributed by atoms with Crippen molar-refractivity contribution in [3.63, 3.8) is 0 Å². The minimum absolute atomic E-state index is 0.0318. The zero-order valence-corrected chi connectivity index (χ0v) is 10.8. The number of nitrogen functional groups attached to an aromatic ring is 1. The first-order chi connectivity index (χ1) is 8.97. The maximum absolute atomic E-state index is 12.7. The molecule has 2 rings (SSSR count). The highest BCUT2D eigenvalue weighted by Crippen LogP contribution is 2.11. The second kappa shape index (κ2) is 5.38. The maximum atomic E-state index is 12.7. The average molecular weight is 280 g/mol. The largest absolute Gasteiger partial charge is 0.399 e. The molecule has 0 spiro atoms. The molecule has 0 aliphatic heterocycles. The first kappa shape index (κ1) is 13.5. The van der Waals surface area contributed by atoms with E-state index in [2.05, 4.69) is 4.72 Å². The number of hydrogen-bond donors (Lipinski definition) is 2. The van der Waals surface area contributed by atoms with Crippen LogP contribution in [0.25, 0.3) is 0 Å². The molecule has 19 heavy (non-hydrogen) atoms. The van der Waals surface area contributed by atoms with E-state index in [9.17, 15) is 12.8 Å². The molecule has 0 heterocycles. The number of anilines is 1. The SMILES string of the molecule is Nc1ccc(CNS(=O)(=O)c2ccc(F)cc2)cc1. The number of hydrogen-bond acceptors (Lipinski definition) is 3. The molecule has 0 saturated carbocycles. The molecule has 0 bridgehead atoms. The van der Waals surface area contributed by atoms with Crippen molar-refractivity contribution < 1.29 is 12.8 Å². The molecule has 0 atom stereocenters. The Morgan fingerprint density at radius 1 is 1.00 bits per heavy atom. The lowest BCUT2D eigenvalue weighted by atomic mass is 10.2. The van der Waals surface area contributed by atoms with Gasteiger partial charge in [-0.25, -0.2) is 17.5 Å². The lowest BCUT2D eigenvalue weighted by Gasteiger charge is -2.07. The van der Waals surface area contributed by atoms with Crippen LogP contribution in [-0.2, 0) is 16.6 Å². The van der Waals surface area contributed by atoms with Crippen molar-refractivity contribution >= 4 is 15.7 Å². The van der Waals surface area contributed by atoms with Crippen LogP contribution in [0.15, 0.2) is 53.4 Å². The van der Waals surface area contributed by atoms with Gasteiger partial charge in [-0.1, -0.05) is 12.1 Å². The summed E-state index contributed by atoms with van der Waals surface area (Å²) in [6.45, 7) is 0.153. The quantitative estimate of drug-likeness (QED) is 0.840. The predicted octanol–water partition coefficient (Wildman–Crippen LogP) is 1.89. The van der Waals surface area contributed by atoms with Gasteiger partial charge in [0.15, 0.2) is 0 Å². The summed E-state index contributed by atoms with van der Waals surface area (Å²) in [7, 11) is -3.63. The summed E-state index contributed by atoms with van der Waals surface area (Å²) in [5.41, 5.74) is 6.95. The van der Waals surface area contributed by atoms with E-state index in [1.807, 2.05) is 0 Å². The monoisotopic (exact) mass is 280 g/mol. The summed E-state index contributed by atoms with van der Waals surface area (Å²) >= 11 is 0. The Bertz CT molecular complexity index is 652. The molecule has 3 N–H and O–H groups in total. The van der Waals surface area contributed by atoms with Crippen molar-refractivity contribution in [2.75, 3.05) is 5.73 Å². The first-order valence-corrected chi connectivity index (χ1v) is 7.05. The third-order valence-electron chi connectivity index (χ3n) is 2.57. The van der Waals surface area contributed by atoms with Crippen LogP contribution >= 0.6 is 0 Å². The number of halogens is 1. The van der Waals surface area contributed by atoms with E-state index in [1.165, 1.54) is 12.1 Å². The molecule has 2 aromatic rings. The Morgan fingerprint density at radius 3 is 2.16 bits per heavy atom. The molecule has 0 unspecified atom stereocenters. The minimum atomic E-state index is -3.63. The van der Waals surface area contributed by atoms with Crippen molar-refractivity contribution in [3.8, 4) is 0 Å². The molecule has 0 saturated heterocycles. The third-order valence-corrected chi connectivity index (χ3v) is 3.99. The fourth-order valence-corrected chi connectivity index (χ4v) is 2.53. The van der Waals surface area contributed by atoms with E-state index in [0.717, 1.165) is 17.7 Å². The van der Waals surface area contributed by atoms with Gasteiger partial charge in [0.1, 0.15) is 5.82 Å². The highest BCUT2D eigenvalue weighted by Gasteiger charge is 2.13. The van der Waals surface area contributed by atoms with Gasteiger partial charge in [-0.3, -0.25) is 0 Å². The lowest BCUT2D eigenvalue weighted by Crippen LogP contribution is -2.23. The van der Waals surface area contributed by atoms with Gasteiger partial charge in [-0.15, -0.1) is 0 Å².